The molecule has 35 heavy (non-hydrogen) atoms. The first-order chi connectivity index (χ1) is 17.0. The van der Waals surface area contributed by atoms with Crippen LogP contribution in [0, 0.1) is 5.82 Å². The largest absolute Gasteiger partial charge is 0.325 e. The van der Waals surface area contributed by atoms with Crippen LogP contribution in [-0.2, 0) is 11.3 Å². The zero-order chi connectivity index (χ0) is 24.8. The fourth-order valence-electron chi connectivity index (χ4n) is 4.35. The maximum atomic E-state index is 13.6. The van der Waals surface area contributed by atoms with Crippen molar-refractivity contribution in [1.29, 1.82) is 0 Å². The van der Waals surface area contributed by atoms with Crippen LogP contribution in [0.4, 0.5) is 10.1 Å². The molecule has 1 aliphatic heterocycles. The quantitative estimate of drug-likeness (QED) is 0.368. The summed E-state index contributed by atoms with van der Waals surface area (Å²) in [7, 11) is 0. The van der Waals surface area contributed by atoms with Gasteiger partial charge in [-0.25, -0.2) is 4.39 Å². The van der Waals surface area contributed by atoms with Crippen LogP contribution in [0.5, 0.6) is 0 Å². The molecule has 1 N–H and O–H groups in total. The van der Waals surface area contributed by atoms with Gasteiger partial charge in [0.05, 0.1) is 11.8 Å². The van der Waals surface area contributed by atoms with E-state index in [1.807, 2.05) is 29.7 Å². The summed E-state index contributed by atoms with van der Waals surface area (Å²) in [5, 5.41) is 12.3. The van der Waals surface area contributed by atoms with Gasteiger partial charge in [-0.3, -0.25) is 14.3 Å². The van der Waals surface area contributed by atoms with Gasteiger partial charge in [0, 0.05) is 11.4 Å². The lowest BCUT2D eigenvalue weighted by Crippen LogP contribution is -2.30. The standard InChI is InChI=1S/C27H34FN5OS/c1-4-19(2)23-10-6-7-11-24(23)29-26(34)20(3)35-27-31-30-25(18-32-16-8-5-9-17-32)33(27)22-14-12-21(28)13-15-22/h6-7,10-15,19-20H,4-5,8-9,16-18H2,1-3H3,(H,29,34)/t19-,20-/m1/s1. The smallest absolute Gasteiger partial charge is 0.237 e. The Balaban J connectivity index is 1.55. The molecule has 1 fully saturated rings. The van der Waals surface area contributed by atoms with Gasteiger partial charge in [0.2, 0.25) is 5.91 Å². The second kappa shape index (κ2) is 11.8. The average Bonchev–Trinajstić information content (AvgIpc) is 3.26. The van der Waals surface area contributed by atoms with Crippen molar-refractivity contribution >= 4 is 23.4 Å². The molecular formula is C27H34FN5OS. The number of anilines is 1. The molecule has 1 amide bonds. The number of rotatable bonds is 9. The van der Waals surface area contributed by atoms with Crippen molar-refractivity contribution in [2.75, 3.05) is 18.4 Å². The number of nitrogens with one attached hydrogen (secondary N) is 1. The topological polar surface area (TPSA) is 63.1 Å². The molecule has 3 aromatic rings. The number of carbonyl (C=O) groups is 1. The summed E-state index contributed by atoms with van der Waals surface area (Å²) in [5.74, 6) is 0.780. The number of aromatic nitrogens is 3. The second-order valence-corrected chi connectivity index (χ2v) is 10.5. The van der Waals surface area contributed by atoms with Crippen LogP contribution in [0.1, 0.15) is 63.8 Å². The molecule has 0 aliphatic carbocycles. The maximum Gasteiger partial charge on any atom is 0.237 e. The number of hydrogen-bond donors (Lipinski definition) is 1. The van der Waals surface area contributed by atoms with Crippen LogP contribution in [0.25, 0.3) is 5.69 Å². The molecule has 2 atom stereocenters. The number of thioether (sulfide) groups is 1. The lowest BCUT2D eigenvalue weighted by Gasteiger charge is -2.26. The molecule has 1 aromatic heterocycles. The lowest BCUT2D eigenvalue weighted by molar-refractivity contribution is -0.115. The van der Waals surface area contributed by atoms with E-state index in [-0.39, 0.29) is 11.7 Å². The van der Waals surface area contributed by atoms with Crippen molar-refractivity contribution in [2.45, 2.75) is 69.3 Å². The van der Waals surface area contributed by atoms with Gasteiger partial charge in [-0.15, -0.1) is 10.2 Å². The average molecular weight is 496 g/mol. The van der Waals surface area contributed by atoms with Crippen molar-refractivity contribution in [3.8, 4) is 5.69 Å². The van der Waals surface area contributed by atoms with E-state index in [4.69, 9.17) is 0 Å². The van der Waals surface area contributed by atoms with Crippen molar-refractivity contribution in [3.63, 3.8) is 0 Å². The van der Waals surface area contributed by atoms with Crippen molar-refractivity contribution in [3.05, 3.63) is 65.7 Å². The summed E-state index contributed by atoms with van der Waals surface area (Å²) in [6.07, 6.45) is 4.62. The number of carbonyl (C=O) groups excluding carboxylic acids is 1. The molecule has 0 saturated carbocycles. The first-order valence-electron chi connectivity index (χ1n) is 12.4. The predicted octanol–water partition coefficient (Wildman–Crippen LogP) is 6.03. The summed E-state index contributed by atoms with van der Waals surface area (Å²) in [5.41, 5.74) is 2.78. The molecule has 0 unspecified atom stereocenters. The lowest BCUT2D eigenvalue weighted by atomic mass is 9.97. The highest BCUT2D eigenvalue weighted by Gasteiger charge is 2.23. The molecule has 0 bridgehead atoms. The van der Waals surface area contributed by atoms with Crippen molar-refractivity contribution < 1.29 is 9.18 Å². The van der Waals surface area contributed by atoms with E-state index in [0.29, 0.717) is 17.6 Å². The SMILES string of the molecule is CC[C@@H](C)c1ccccc1NC(=O)[C@@H](C)Sc1nnc(CN2CCCCC2)n1-c1ccc(F)cc1. The molecule has 2 aromatic carbocycles. The number of hydrogen-bond acceptors (Lipinski definition) is 5. The van der Waals surface area contributed by atoms with Crippen molar-refractivity contribution in [2.24, 2.45) is 0 Å². The number of nitrogens with zero attached hydrogens (tertiary/aromatic N) is 4. The van der Waals surface area contributed by atoms with E-state index in [2.05, 4.69) is 40.3 Å². The number of halogens is 1. The molecule has 4 rings (SSSR count). The summed E-state index contributed by atoms with van der Waals surface area (Å²) in [6, 6.07) is 14.3. The number of piperidine rings is 1. The molecule has 8 heteroatoms. The second-order valence-electron chi connectivity index (χ2n) is 9.19. The van der Waals surface area contributed by atoms with Gasteiger partial charge in [-0.1, -0.05) is 50.2 Å². The highest BCUT2D eigenvalue weighted by atomic mass is 32.2. The molecule has 186 valence electrons. The van der Waals surface area contributed by atoms with E-state index in [1.54, 1.807) is 12.1 Å². The summed E-state index contributed by atoms with van der Waals surface area (Å²) in [4.78, 5) is 15.5. The normalized spacial score (nSPS) is 16.1. The Morgan fingerprint density at radius 1 is 1.06 bits per heavy atom. The first kappa shape index (κ1) is 25.4. The van der Waals surface area contributed by atoms with E-state index < -0.39 is 5.25 Å². The summed E-state index contributed by atoms with van der Waals surface area (Å²) < 4.78 is 15.6. The fraction of sp³-hybridized carbons (Fsp3) is 0.444. The monoisotopic (exact) mass is 495 g/mol. The number of para-hydroxylation sites is 1. The predicted molar refractivity (Wildman–Crippen MR) is 140 cm³/mol. The van der Waals surface area contributed by atoms with Crippen LogP contribution in [0.15, 0.2) is 53.7 Å². The Morgan fingerprint density at radius 2 is 1.77 bits per heavy atom. The molecule has 0 spiro atoms. The van der Waals surface area contributed by atoms with Crippen LogP contribution in [0.3, 0.4) is 0 Å². The zero-order valence-electron chi connectivity index (χ0n) is 20.7. The summed E-state index contributed by atoms with van der Waals surface area (Å²) >= 11 is 1.36. The molecule has 0 radical (unpaired) electrons. The van der Waals surface area contributed by atoms with E-state index in [0.717, 1.165) is 42.3 Å². The van der Waals surface area contributed by atoms with Gasteiger partial charge < -0.3 is 5.32 Å². The zero-order valence-corrected chi connectivity index (χ0v) is 21.5. The minimum absolute atomic E-state index is 0.0861. The van der Waals surface area contributed by atoms with E-state index >= 15 is 0 Å². The van der Waals surface area contributed by atoms with E-state index in [1.165, 1.54) is 43.2 Å². The minimum atomic E-state index is -0.397. The Bertz CT molecular complexity index is 1130. The van der Waals surface area contributed by atoms with Gasteiger partial charge in [0.1, 0.15) is 5.82 Å². The van der Waals surface area contributed by atoms with Crippen LogP contribution in [0.2, 0.25) is 0 Å². The van der Waals surface area contributed by atoms with Crippen LogP contribution in [-0.4, -0.2) is 43.9 Å². The van der Waals surface area contributed by atoms with Crippen LogP contribution < -0.4 is 5.32 Å². The Kier molecular flexibility index (Phi) is 8.57. The number of amides is 1. The summed E-state index contributed by atoms with van der Waals surface area (Å²) in [6.45, 7) is 8.93. The fourth-order valence-corrected chi connectivity index (χ4v) is 5.24. The van der Waals surface area contributed by atoms with E-state index in [9.17, 15) is 9.18 Å². The molecule has 6 nitrogen and oxygen atoms in total. The highest BCUT2D eigenvalue weighted by Crippen LogP contribution is 2.30. The van der Waals surface area contributed by atoms with Crippen LogP contribution >= 0.6 is 11.8 Å². The molecule has 1 aliphatic rings. The molecule has 1 saturated heterocycles. The van der Waals surface area contributed by atoms with Gasteiger partial charge in [0.25, 0.3) is 0 Å². The third-order valence-corrected chi connectivity index (χ3v) is 7.65. The number of likely N-dealkylation sites (tertiary alicyclic amines) is 1. The Morgan fingerprint density at radius 3 is 2.49 bits per heavy atom. The Hall–Kier alpha value is -2.71. The Labute approximate surface area is 211 Å². The third-order valence-electron chi connectivity index (χ3n) is 6.61. The molecule has 2 heterocycles. The highest BCUT2D eigenvalue weighted by molar-refractivity contribution is 8.00. The van der Waals surface area contributed by atoms with Gasteiger partial charge in [0.15, 0.2) is 11.0 Å². The first-order valence-corrected chi connectivity index (χ1v) is 13.3. The number of benzene rings is 2. The van der Waals surface area contributed by atoms with Gasteiger partial charge in [-0.2, -0.15) is 0 Å². The van der Waals surface area contributed by atoms with Crippen molar-refractivity contribution in [1.82, 2.24) is 19.7 Å². The third kappa shape index (κ3) is 6.30. The van der Waals surface area contributed by atoms with Gasteiger partial charge >= 0.3 is 0 Å². The molecular weight excluding hydrogens is 461 g/mol. The minimum Gasteiger partial charge on any atom is -0.325 e. The maximum absolute atomic E-state index is 13.6. The van der Waals surface area contributed by atoms with Gasteiger partial charge in [-0.05, 0) is 81.1 Å².